The van der Waals surface area contributed by atoms with E-state index in [1.165, 1.54) is 116 Å². The van der Waals surface area contributed by atoms with E-state index in [-0.39, 0.29) is 12.5 Å². The van der Waals surface area contributed by atoms with E-state index in [9.17, 15) is 20.1 Å². The van der Waals surface area contributed by atoms with Crippen LogP contribution < -0.4 is 5.32 Å². The van der Waals surface area contributed by atoms with E-state index < -0.39 is 18.2 Å². The van der Waals surface area contributed by atoms with Gasteiger partial charge in [0, 0.05) is 6.42 Å². The van der Waals surface area contributed by atoms with Crippen LogP contribution in [0.5, 0.6) is 0 Å². The molecule has 0 saturated heterocycles. The number of carbonyl (C=O) groups is 1. The maximum Gasteiger partial charge on any atom is 0.220 e. The molecule has 222 valence electrons. The van der Waals surface area contributed by atoms with Gasteiger partial charge in [-0.3, -0.25) is 4.79 Å². The molecule has 0 fully saturated rings. The van der Waals surface area contributed by atoms with Crippen LogP contribution in [0.15, 0.2) is 0 Å². The highest BCUT2D eigenvalue weighted by atomic mass is 16.3. The van der Waals surface area contributed by atoms with Gasteiger partial charge in [-0.1, -0.05) is 155 Å². The molecule has 0 saturated carbocycles. The highest BCUT2D eigenvalue weighted by Gasteiger charge is 2.26. The minimum Gasteiger partial charge on any atom is -0.394 e. The molecule has 0 aliphatic heterocycles. The van der Waals surface area contributed by atoms with Crippen molar-refractivity contribution in [1.29, 1.82) is 0 Å². The van der Waals surface area contributed by atoms with Crippen molar-refractivity contribution in [2.24, 2.45) is 0 Å². The van der Waals surface area contributed by atoms with Gasteiger partial charge in [-0.05, 0) is 12.8 Å². The molecule has 0 heterocycles. The van der Waals surface area contributed by atoms with Crippen molar-refractivity contribution in [3.63, 3.8) is 0 Å². The smallest absolute Gasteiger partial charge is 0.220 e. The van der Waals surface area contributed by atoms with E-state index in [1.54, 1.807) is 0 Å². The summed E-state index contributed by atoms with van der Waals surface area (Å²) in [7, 11) is 0. The molecule has 0 radical (unpaired) electrons. The van der Waals surface area contributed by atoms with E-state index in [4.69, 9.17) is 0 Å². The maximum atomic E-state index is 12.2. The summed E-state index contributed by atoms with van der Waals surface area (Å²) >= 11 is 0. The van der Waals surface area contributed by atoms with Crippen LogP contribution in [0.25, 0.3) is 0 Å². The number of nitrogens with one attached hydrogen (secondary N) is 1. The molecule has 0 aromatic heterocycles. The first-order valence-corrected chi connectivity index (χ1v) is 16.3. The number of amides is 1. The number of hydrogen-bond donors (Lipinski definition) is 4. The molecule has 0 aromatic carbocycles. The molecule has 0 bridgehead atoms. The van der Waals surface area contributed by atoms with E-state index in [2.05, 4.69) is 19.2 Å². The first-order valence-electron chi connectivity index (χ1n) is 16.3. The Labute approximate surface area is 230 Å². The zero-order chi connectivity index (χ0) is 27.4. The van der Waals surface area contributed by atoms with Gasteiger partial charge in [0.25, 0.3) is 0 Å². The lowest BCUT2D eigenvalue weighted by Crippen LogP contribution is -2.50. The fourth-order valence-corrected chi connectivity index (χ4v) is 5.10. The van der Waals surface area contributed by atoms with Gasteiger partial charge in [0.1, 0.15) is 6.10 Å². The van der Waals surface area contributed by atoms with Crippen molar-refractivity contribution >= 4 is 5.91 Å². The molecule has 3 atom stereocenters. The number of aliphatic hydroxyl groups is 3. The maximum absolute atomic E-state index is 12.2. The number of hydrogen-bond acceptors (Lipinski definition) is 4. The van der Waals surface area contributed by atoms with Crippen LogP contribution in [0.4, 0.5) is 0 Å². The molecule has 1 amide bonds. The van der Waals surface area contributed by atoms with Crippen LogP contribution >= 0.6 is 0 Å². The summed E-state index contributed by atoms with van der Waals surface area (Å²) in [6.07, 6.45) is 27.6. The van der Waals surface area contributed by atoms with E-state index in [0.29, 0.717) is 12.8 Å². The highest BCUT2D eigenvalue weighted by molar-refractivity contribution is 5.76. The van der Waals surface area contributed by atoms with Gasteiger partial charge in [-0.15, -0.1) is 0 Å². The van der Waals surface area contributed by atoms with E-state index in [0.717, 1.165) is 32.1 Å². The second kappa shape index (κ2) is 28.4. The van der Waals surface area contributed by atoms with Gasteiger partial charge in [0.15, 0.2) is 0 Å². The highest BCUT2D eigenvalue weighted by Crippen LogP contribution is 2.15. The van der Waals surface area contributed by atoms with Crippen molar-refractivity contribution in [3.05, 3.63) is 0 Å². The van der Waals surface area contributed by atoms with Gasteiger partial charge >= 0.3 is 0 Å². The summed E-state index contributed by atoms with van der Waals surface area (Å²) in [6, 6.07) is -0.799. The topological polar surface area (TPSA) is 89.8 Å². The predicted molar refractivity (Wildman–Crippen MR) is 158 cm³/mol. The SMILES string of the molecule is CCCCCCCCCCCCCCC[C@@H](O)[C@@H](O)[C@H](CO)NC(=O)CCCCCCCCCCCC. The molecule has 5 heteroatoms. The standard InChI is InChI=1S/C32H65NO4/c1-3-5-7-9-11-13-15-16-17-18-20-22-24-26-30(35)32(37)29(28-34)33-31(36)27-25-23-21-19-14-12-10-8-6-4-2/h29-30,32,34-35,37H,3-28H2,1-2H3,(H,33,36)/t29-,30+,32-/m0/s1. The summed E-state index contributed by atoms with van der Waals surface area (Å²) < 4.78 is 0. The number of carbonyl (C=O) groups excluding carboxylic acids is 1. The van der Waals surface area contributed by atoms with Crippen LogP contribution in [-0.2, 0) is 4.79 Å². The summed E-state index contributed by atoms with van der Waals surface area (Å²) in [5.74, 6) is -0.147. The van der Waals surface area contributed by atoms with Gasteiger partial charge in [0.05, 0.1) is 18.8 Å². The van der Waals surface area contributed by atoms with Crippen LogP contribution in [0.1, 0.15) is 174 Å². The molecule has 0 rings (SSSR count). The molecular formula is C32H65NO4. The molecule has 0 aliphatic rings. The number of aliphatic hydroxyl groups excluding tert-OH is 3. The van der Waals surface area contributed by atoms with Gasteiger partial charge in [-0.25, -0.2) is 0 Å². The van der Waals surface area contributed by atoms with Gasteiger partial charge in [-0.2, -0.15) is 0 Å². The molecule has 0 aliphatic carbocycles. The van der Waals surface area contributed by atoms with Crippen molar-refractivity contribution in [2.45, 2.75) is 193 Å². The molecule has 4 N–H and O–H groups in total. The Bertz CT molecular complexity index is 474. The Morgan fingerprint density at radius 1 is 0.568 bits per heavy atom. The molecule has 37 heavy (non-hydrogen) atoms. The van der Waals surface area contributed by atoms with Crippen LogP contribution in [0.3, 0.4) is 0 Å². The fourth-order valence-electron chi connectivity index (χ4n) is 5.10. The zero-order valence-electron chi connectivity index (χ0n) is 24.9. The van der Waals surface area contributed by atoms with Crippen LogP contribution in [-0.4, -0.2) is 46.1 Å². The van der Waals surface area contributed by atoms with Crippen molar-refractivity contribution < 1.29 is 20.1 Å². The van der Waals surface area contributed by atoms with Gasteiger partial charge < -0.3 is 20.6 Å². The van der Waals surface area contributed by atoms with Crippen molar-refractivity contribution in [2.75, 3.05) is 6.61 Å². The van der Waals surface area contributed by atoms with Crippen LogP contribution in [0.2, 0.25) is 0 Å². The Morgan fingerprint density at radius 2 is 0.919 bits per heavy atom. The summed E-state index contributed by atoms with van der Waals surface area (Å²) in [5.41, 5.74) is 0. The molecular weight excluding hydrogens is 462 g/mol. The van der Waals surface area contributed by atoms with Crippen molar-refractivity contribution in [1.82, 2.24) is 5.32 Å². The monoisotopic (exact) mass is 527 g/mol. The number of rotatable bonds is 29. The predicted octanol–water partition coefficient (Wildman–Crippen LogP) is 7.98. The molecule has 0 spiro atoms. The van der Waals surface area contributed by atoms with E-state index >= 15 is 0 Å². The lowest BCUT2D eigenvalue weighted by Gasteiger charge is -2.26. The Kier molecular flexibility index (Phi) is 27.9. The summed E-state index contributed by atoms with van der Waals surface area (Å²) in [4.78, 5) is 12.2. The number of unbranched alkanes of at least 4 members (excludes halogenated alkanes) is 21. The second-order valence-corrected chi connectivity index (χ2v) is 11.4. The third-order valence-corrected chi connectivity index (χ3v) is 7.71. The van der Waals surface area contributed by atoms with E-state index in [1.807, 2.05) is 0 Å². The van der Waals surface area contributed by atoms with Crippen LogP contribution in [0, 0.1) is 0 Å². The van der Waals surface area contributed by atoms with Crippen molar-refractivity contribution in [3.8, 4) is 0 Å². The average molecular weight is 528 g/mol. The lowest BCUT2D eigenvalue weighted by molar-refractivity contribution is -0.124. The molecule has 5 nitrogen and oxygen atoms in total. The average Bonchev–Trinajstić information content (AvgIpc) is 2.90. The summed E-state index contributed by atoms with van der Waals surface area (Å²) in [6.45, 7) is 4.14. The first kappa shape index (κ1) is 36.4. The second-order valence-electron chi connectivity index (χ2n) is 11.4. The minimum atomic E-state index is -1.13. The Balaban J connectivity index is 3.72. The zero-order valence-corrected chi connectivity index (χ0v) is 24.9. The molecule has 0 unspecified atom stereocenters. The largest absolute Gasteiger partial charge is 0.394 e. The molecule has 0 aromatic rings. The Morgan fingerprint density at radius 3 is 1.30 bits per heavy atom. The Hall–Kier alpha value is -0.650. The fraction of sp³-hybridized carbons (Fsp3) is 0.969. The lowest BCUT2D eigenvalue weighted by atomic mass is 9.99. The quantitative estimate of drug-likeness (QED) is 0.0742. The third kappa shape index (κ3) is 24.1. The third-order valence-electron chi connectivity index (χ3n) is 7.71. The van der Waals surface area contributed by atoms with Gasteiger partial charge in [0.2, 0.25) is 5.91 Å². The summed E-state index contributed by atoms with van der Waals surface area (Å²) in [5, 5.41) is 33.2. The minimum absolute atomic E-state index is 0.147. The first-order chi connectivity index (χ1) is 18.1. The normalized spacial score (nSPS) is 14.0.